The van der Waals surface area contributed by atoms with Gasteiger partial charge in [0.05, 0.1) is 0 Å². The van der Waals surface area contributed by atoms with Crippen molar-refractivity contribution in [2.45, 2.75) is 31.1 Å². The van der Waals surface area contributed by atoms with E-state index in [2.05, 4.69) is 0 Å². The molecular formula is C6H9Cl. The molecule has 2 rings (SSSR count). The summed E-state index contributed by atoms with van der Waals surface area (Å²) in [7, 11) is 0. The second kappa shape index (κ2) is 0.997. The Kier molecular flexibility index (Phi) is 0.597. The fourth-order valence-corrected chi connectivity index (χ4v) is 1.97. The molecule has 0 aromatic rings. The zero-order valence-corrected chi connectivity index (χ0v) is 5.04. The zero-order chi connectivity index (χ0) is 4.91. The molecule has 0 saturated heterocycles. The van der Waals surface area contributed by atoms with Crippen LogP contribution >= 0.6 is 11.6 Å². The predicted molar refractivity (Wildman–Crippen MR) is 30.5 cm³/mol. The van der Waals surface area contributed by atoms with Gasteiger partial charge in [-0.3, -0.25) is 0 Å². The minimum Gasteiger partial charge on any atom is -0.122 e. The molecule has 1 spiro atoms. The summed E-state index contributed by atoms with van der Waals surface area (Å²) in [4.78, 5) is 0. The van der Waals surface area contributed by atoms with E-state index in [1.165, 1.54) is 25.7 Å². The van der Waals surface area contributed by atoms with Gasteiger partial charge in [-0.15, -0.1) is 11.6 Å². The van der Waals surface area contributed by atoms with E-state index in [1.54, 1.807) is 0 Å². The van der Waals surface area contributed by atoms with Crippen LogP contribution in [0.4, 0.5) is 0 Å². The van der Waals surface area contributed by atoms with Gasteiger partial charge in [0.15, 0.2) is 0 Å². The highest BCUT2D eigenvalue weighted by atomic mass is 35.5. The van der Waals surface area contributed by atoms with Crippen LogP contribution in [0.2, 0.25) is 0 Å². The highest BCUT2D eigenvalue weighted by Gasteiger charge is 2.56. The molecule has 1 atom stereocenters. The summed E-state index contributed by atoms with van der Waals surface area (Å²) >= 11 is 5.84. The number of rotatable bonds is 0. The predicted octanol–water partition coefficient (Wildman–Crippen LogP) is 2.17. The summed E-state index contributed by atoms with van der Waals surface area (Å²) in [6.45, 7) is 0. The molecule has 40 valence electrons. The van der Waals surface area contributed by atoms with E-state index in [9.17, 15) is 0 Å². The molecule has 2 aliphatic rings. The molecule has 0 aliphatic heterocycles. The van der Waals surface area contributed by atoms with Crippen molar-refractivity contribution in [2.24, 2.45) is 5.41 Å². The summed E-state index contributed by atoms with van der Waals surface area (Å²) in [5.74, 6) is 0. The smallest absolute Gasteiger partial charge is 0.0398 e. The molecule has 0 heterocycles. The Morgan fingerprint density at radius 2 is 2.00 bits per heavy atom. The van der Waals surface area contributed by atoms with E-state index in [0.29, 0.717) is 10.8 Å². The van der Waals surface area contributed by atoms with Crippen molar-refractivity contribution in [3.63, 3.8) is 0 Å². The lowest BCUT2D eigenvalue weighted by Crippen LogP contribution is -2.14. The summed E-state index contributed by atoms with van der Waals surface area (Å²) in [6, 6.07) is 0. The van der Waals surface area contributed by atoms with Gasteiger partial charge in [-0.1, -0.05) is 6.42 Å². The molecule has 2 saturated carbocycles. The van der Waals surface area contributed by atoms with Gasteiger partial charge in [-0.25, -0.2) is 0 Å². The molecule has 0 aromatic carbocycles. The molecule has 2 aliphatic carbocycles. The average Bonchev–Trinajstić information content (AvgIpc) is 2.10. The van der Waals surface area contributed by atoms with Gasteiger partial charge in [0.25, 0.3) is 0 Å². The maximum absolute atomic E-state index is 5.84. The standard InChI is InChI=1S/C6H9Cl/c7-5-4-6(5)2-1-3-6/h5H,1-4H2. The van der Waals surface area contributed by atoms with Crippen LogP contribution in [0.1, 0.15) is 25.7 Å². The second-order valence-corrected chi connectivity index (χ2v) is 3.41. The monoisotopic (exact) mass is 116 g/mol. The van der Waals surface area contributed by atoms with E-state index in [-0.39, 0.29) is 0 Å². The van der Waals surface area contributed by atoms with Crippen LogP contribution in [-0.2, 0) is 0 Å². The molecule has 0 radical (unpaired) electrons. The van der Waals surface area contributed by atoms with Crippen molar-refractivity contribution in [2.75, 3.05) is 0 Å². The first-order valence-electron chi connectivity index (χ1n) is 2.98. The maximum atomic E-state index is 5.84. The summed E-state index contributed by atoms with van der Waals surface area (Å²) in [5, 5.41) is 0.571. The van der Waals surface area contributed by atoms with Crippen LogP contribution in [0.3, 0.4) is 0 Å². The van der Waals surface area contributed by atoms with Gasteiger partial charge < -0.3 is 0 Å². The van der Waals surface area contributed by atoms with Crippen molar-refractivity contribution in [1.29, 1.82) is 0 Å². The first-order valence-corrected chi connectivity index (χ1v) is 3.41. The van der Waals surface area contributed by atoms with Gasteiger partial charge >= 0.3 is 0 Å². The van der Waals surface area contributed by atoms with Crippen LogP contribution < -0.4 is 0 Å². The SMILES string of the molecule is ClC1CC12CCC2. The Labute approximate surface area is 48.9 Å². The number of halogens is 1. The highest BCUT2D eigenvalue weighted by molar-refractivity contribution is 6.23. The molecule has 0 bridgehead atoms. The van der Waals surface area contributed by atoms with E-state index >= 15 is 0 Å². The quantitative estimate of drug-likeness (QED) is 0.426. The number of hydrogen-bond acceptors (Lipinski definition) is 0. The van der Waals surface area contributed by atoms with Gasteiger partial charge in [0, 0.05) is 5.38 Å². The summed E-state index contributed by atoms with van der Waals surface area (Å²) in [5.41, 5.74) is 0.696. The topological polar surface area (TPSA) is 0 Å². The fraction of sp³-hybridized carbons (Fsp3) is 1.00. The lowest BCUT2D eigenvalue weighted by molar-refractivity contribution is 0.290. The first-order chi connectivity index (χ1) is 3.33. The first kappa shape index (κ1) is 4.20. The average molecular weight is 117 g/mol. The Morgan fingerprint density at radius 1 is 1.43 bits per heavy atom. The molecule has 0 amide bonds. The van der Waals surface area contributed by atoms with E-state index in [1.807, 2.05) is 0 Å². The maximum Gasteiger partial charge on any atom is 0.0398 e. The Morgan fingerprint density at radius 3 is 2.00 bits per heavy atom. The third kappa shape index (κ3) is 0.387. The van der Waals surface area contributed by atoms with Crippen molar-refractivity contribution in [3.05, 3.63) is 0 Å². The van der Waals surface area contributed by atoms with Crippen molar-refractivity contribution >= 4 is 11.6 Å². The largest absolute Gasteiger partial charge is 0.122 e. The third-order valence-electron chi connectivity index (χ3n) is 2.44. The van der Waals surface area contributed by atoms with Gasteiger partial charge in [0.1, 0.15) is 0 Å². The minimum absolute atomic E-state index is 0.571. The molecule has 1 heteroatoms. The second-order valence-electron chi connectivity index (χ2n) is 2.89. The van der Waals surface area contributed by atoms with Gasteiger partial charge in [-0.05, 0) is 24.7 Å². The van der Waals surface area contributed by atoms with Crippen LogP contribution in [0.25, 0.3) is 0 Å². The highest BCUT2D eigenvalue weighted by Crippen LogP contribution is 2.63. The third-order valence-corrected chi connectivity index (χ3v) is 3.06. The summed E-state index contributed by atoms with van der Waals surface area (Å²) < 4.78 is 0. The molecule has 7 heavy (non-hydrogen) atoms. The lowest BCUT2D eigenvalue weighted by Gasteiger charge is -2.24. The molecule has 0 nitrogen and oxygen atoms in total. The summed E-state index contributed by atoms with van der Waals surface area (Å²) in [6.07, 6.45) is 5.58. The Bertz CT molecular complexity index is 88.8. The molecule has 2 fully saturated rings. The van der Waals surface area contributed by atoms with Crippen molar-refractivity contribution < 1.29 is 0 Å². The van der Waals surface area contributed by atoms with Crippen molar-refractivity contribution in [1.82, 2.24) is 0 Å². The van der Waals surface area contributed by atoms with Crippen LogP contribution in [0.15, 0.2) is 0 Å². The lowest BCUT2D eigenvalue weighted by atomic mass is 9.82. The van der Waals surface area contributed by atoms with Crippen LogP contribution in [-0.4, -0.2) is 5.38 Å². The van der Waals surface area contributed by atoms with Gasteiger partial charge in [0.2, 0.25) is 0 Å². The van der Waals surface area contributed by atoms with E-state index in [0.717, 1.165) is 0 Å². The van der Waals surface area contributed by atoms with E-state index < -0.39 is 0 Å². The Hall–Kier alpha value is 0.290. The molecule has 0 aromatic heterocycles. The molecule has 1 unspecified atom stereocenters. The van der Waals surface area contributed by atoms with Crippen molar-refractivity contribution in [3.8, 4) is 0 Å². The number of hydrogen-bond donors (Lipinski definition) is 0. The van der Waals surface area contributed by atoms with Crippen LogP contribution in [0.5, 0.6) is 0 Å². The van der Waals surface area contributed by atoms with Crippen LogP contribution in [0, 0.1) is 5.41 Å². The number of alkyl halides is 1. The molecule has 0 N–H and O–H groups in total. The molecular weight excluding hydrogens is 108 g/mol. The normalized spacial score (nSPS) is 43.3. The van der Waals surface area contributed by atoms with E-state index in [4.69, 9.17) is 11.6 Å². The minimum atomic E-state index is 0.571. The Balaban J connectivity index is 2.05. The van der Waals surface area contributed by atoms with Gasteiger partial charge in [-0.2, -0.15) is 0 Å². The fourth-order valence-electron chi connectivity index (χ4n) is 1.45. The zero-order valence-electron chi connectivity index (χ0n) is 4.28.